The lowest BCUT2D eigenvalue weighted by Gasteiger charge is -2.26. The molecule has 8 nitrogen and oxygen atoms in total. The molecule has 3 atom stereocenters. The molecule has 2 aromatic rings. The molecule has 0 saturated carbocycles. The molecule has 1 aromatic heterocycles. The van der Waals surface area contributed by atoms with Crippen molar-refractivity contribution in [3.63, 3.8) is 0 Å². The molecule has 1 fully saturated rings. The maximum Gasteiger partial charge on any atom is 0.303 e. The number of hydrogen-bond acceptors (Lipinski definition) is 6. The van der Waals surface area contributed by atoms with Crippen LogP contribution < -0.4 is 5.32 Å². The number of amides is 2. The zero-order valence-electron chi connectivity index (χ0n) is 17.6. The lowest BCUT2D eigenvalue weighted by molar-refractivity contribution is -0.157. The average molecular weight is 413 g/mol. The summed E-state index contributed by atoms with van der Waals surface area (Å²) >= 11 is 0. The van der Waals surface area contributed by atoms with Crippen LogP contribution in [0.3, 0.4) is 0 Å². The minimum Gasteiger partial charge on any atom is -0.452 e. The second kappa shape index (κ2) is 9.11. The van der Waals surface area contributed by atoms with Crippen molar-refractivity contribution in [3.8, 4) is 0 Å². The molecule has 2 amide bonds. The minimum absolute atomic E-state index is 0.128. The summed E-state index contributed by atoms with van der Waals surface area (Å²) < 4.78 is 10.5. The number of esters is 1. The standard InChI is InChI=1S/C22H27N3O5/c1-13(2)23-21(27)20(29-15(4)26)18-12-25(11-17-10-14(3)30-24-17)22(28)19(18)16-8-6-5-7-9-16/h5-10,13,18-20H,11-12H2,1-4H3,(H,23,27)/t18-,19+,20?/m0/s1. The summed E-state index contributed by atoms with van der Waals surface area (Å²) in [5, 5.41) is 6.78. The summed E-state index contributed by atoms with van der Waals surface area (Å²) in [6, 6.07) is 10.9. The molecule has 1 aliphatic rings. The Balaban J connectivity index is 1.95. The van der Waals surface area contributed by atoms with E-state index in [-0.39, 0.29) is 25.0 Å². The highest BCUT2D eigenvalue weighted by atomic mass is 16.5. The molecular weight excluding hydrogens is 386 g/mol. The maximum atomic E-state index is 13.4. The monoisotopic (exact) mass is 413 g/mol. The first-order valence-corrected chi connectivity index (χ1v) is 9.99. The van der Waals surface area contributed by atoms with Gasteiger partial charge >= 0.3 is 5.97 Å². The number of ether oxygens (including phenoxy) is 1. The third kappa shape index (κ3) is 4.87. The molecule has 160 valence electrons. The SMILES string of the molecule is CC(=O)OC(C(=O)NC(C)C)[C@H]1CN(Cc2cc(C)on2)C(=O)[C@@H]1c1ccccc1. The van der Waals surface area contributed by atoms with Crippen LogP contribution in [-0.4, -0.2) is 46.5 Å². The first kappa shape index (κ1) is 21.5. The van der Waals surface area contributed by atoms with Crippen LogP contribution in [0.5, 0.6) is 0 Å². The summed E-state index contributed by atoms with van der Waals surface area (Å²) in [5.74, 6) is -1.60. The number of nitrogens with zero attached hydrogens (tertiary/aromatic N) is 2. The Kier molecular flexibility index (Phi) is 6.54. The molecule has 8 heteroatoms. The molecule has 0 radical (unpaired) electrons. The van der Waals surface area contributed by atoms with Gasteiger partial charge < -0.3 is 19.5 Å². The van der Waals surface area contributed by atoms with Crippen LogP contribution in [0, 0.1) is 12.8 Å². The van der Waals surface area contributed by atoms with E-state index in [4.69, 9.17) is 9.26 Å². The van der Waals surface area contributed by atoms with Crippen LogP contribution >= 0.6 is 0 Å². The first-order valence-electron chi connectivity index (χ1n) is 9.99. The van der Waals surface area contributed by atoms with Crippen molar-refractivity contribution in [2.45, 2.75) is 52.3 Å². The van der Waals surface area contributed by atoms with E-state index in [9.17, 15) is 14.4 Å². The van der Waals surface area contributed by atoms with Crippen molar-refractivity contribution in [2.75, 3.05) is 6.54 Å². The largest absolute Gasteiger partial charge is 0.452 e. The zero-order chi connectivity index (χ0) is 21.8. The van der Waals surface area contributed by atoms with Crippen LogP contribution in [-0.2, 0) is 25.7 Å². The van der Waals surface area contributed by atoms with E-state index in [0.29, 0.717) is 11.5 Å². The average Bonchev–Trinajstić information content (AvgIpc) is 3.23. The molecule has 3 rings (SSSR count). The number of aromatic nitrogens is 1. The number of benzene rings is 1. The highest BCUT2D eigenvalue weighted by molar-refractivity contribution is 5.90. The van der Waals surface area contributed by atoms with Gasteiger partial charge in [0, 0.05) is 31.5 Å². The molecule has 0 spiro atoms. The third-order valence-corrected chi connectivity index (χ3v) is 5.00. The Labute approximate surface area is 175 Å². The summed E-state index contributed by atoms with van der Waals surface area (Å²) in [6.07, 6.45) is -1.08. The Bertz CT molecular complexity index is 909. The maximum absolute atomic E-state index is 13.4. The normalized spacial score (nSPS) is 19.8. The quantitative estimate of drug-likeness (QED) is 0.698. The minimum atomic E-state index is -1.08. The van der Waals surface area contributed by atoms with Crippen molar-refractivity contribution in [3.05, 3.63) is 53.4 Å². The van der Waals surface area contributed by atoms with Crippen molar-refractivity contribution >= 4 is 17.8 Å². The van der Waals surface area contributed by atoms with Gasteiger partial charge in [-0.2, -0.15) is 0 Å². The van der Waals surface area contributed by atoms with Crippen LogP contribution in [0.1, 0.15) is 43.7 Å². The van der Waals surface area contributed by atoms with Gasteiger partial charge in [-0.3, -0.25) is 14.4 Å². The fourth-order valence-electron chi connectivity index (χ4n) is 3.86. The van der Waals surface area contributed by atoms with Gasteiger partial charge in [0.2, 0.25) is 5.91 Å². The number of carbonyl (C=O) groups is 3. The molecule has 1 aromatic carbocycles. The Morgan fingerprint density at radius 1 is 1.30 bits per heavy atom. The fraction of sp³-hybridized carbons (Fsp3) is 0.455. The first-order chi connectivity index (χ1) is 14.3. The predicted octanol–water partition coefficient (Wildman–Crippen LogP) is 2.18. The van der Waals surface area contributed by atoms with Crippen molar-refractivity contribution in [2.24, 2.45) is 5.92 Å². The summed E-state index contributed by atoms with van der Waals surface area (Å²) in [5.41, 5.74) is 1.41. The van der Waals surface area contributed by atoms with Gasteiger partial charge in [-0.05, 0) is 26.3 Å². The van der Waals surface area contributed by atoms with E-state index in [1.807, 2.05) is 44.2 Å². The molecule has 1 unspecified atom stereocenters. The topological polar surface area (TPSA) is 102 Å². The summed E-state index contributed by atoms with van der Waals surface area (Å²) in [6.45, 7) is 7.22. The number of nitrogens with one attached hydrogen (secondary N) is 1. The van der Waals surface area contributed by atoms with E-state index in [1.54, 1.807) is 17.9 Å². The fourth-order valence-corrected chi connectivity index (χ4v) is 3.86. The van der Waals surface area contributed by atoms with Crippen LogP contribution in [0.25, 0.3) is 0 Å². The molecule has 1 N–H and O–H groups in total. The Morgan fingerprint density at radius 3 is 2.57 bits per heavy atom. The van der Waals surface area contributed by atoms with Gasteiger partial charge in [-0.15, -0.1) is 0 Å². The molecule has 30 heavy (non-hydrogen) atoms. The Hall–Kier alpha value is -3.16. The predicted molar refractivity (Wildman–Crippen MR) is 108 cm³/mol. The van der Waals surface area contributed by atoms with Crippen molar-refractivity contribution in [1.82, 2.24) is 15.4 Å². The molecule has 0 aliphatic carbocycles. The number of likely N-dealkylation sites (tertiary alicyclic amines) is 1. The highest BCUT2D eigenvalue weighted by Gasteiger charge is 2.48. The highest BCUT2D eigenvalue weighted by Crippen LogP contribution is 2.38. The van der Waals surface area contributed by atoms with Crippen LogP contribution in [0.15, 0.2) is 40.9 Å². The second-order valence-corrected chi connectivity index (χ2v) is 7.89. The smallest absolute Gasteiger partial charge is 0.303 e. The van der Waals surface area contributed by atoms with E-state index < -0.39 is 29.8 Å². The third-order valence-electron chi connectivity index (χ3n) is 5.00. The van der Waals surface area contributed by atoms with E-state index >= 15 is 0 Å². The van der Waals surface area contributed by atoms with Crippen LogP contribution in [0.4, 0.5) is 0 Å². The van der Waals surface area contributed by atoms with Gasteiger partial charge in [-0.25, -0.2) is 0 Å². The summed E-state index contributed by atoms with van der Waals surface area (Å²) in [4.78, 5) is 39.7. The number of rotatable bonds is 7. The Morgan fingerprint density at radius 2 is 2.00 bits per heavy atom. The lowest BCUT2D eigenvalue weighted by Crippen LogP contribution is -2.46. The van der Waals surface area contributed by atoms with E-state index in [2.05, 4.69) is 10.5 Å². The van der Waals surface area contributed by atoms with Crippen molar-refractivity contribution < 1.29 is 23.6 Å². The van der Waals surface area contributed by atoms with E-state index in [0.717, 1.165) is 5.56 Å². The van der Waals surface area contributed by atoms with Crippen LogP contribution in [0.2, 0.25) is 0 Å². The number of hydrogen-bond donors (Lipinski definition) is 1. The molecule has 2 heterocycles. The zero-order valence-corrected chi connectivity index (χ0v) is 17.6. The van der Waals surface area contributed by atoms with E-state index in [1.165, 1.54) is 6.92 Å². The van der Waals surface area contributed by atoms with Gasteiger partial charge in [0.25, 0.3) is 5.91 Å². The molecule has 0 bridgehead atoms. The van der Waals surface area contributed by atoms with Gasteiger partial charge in [0.05, 0.1) is 12.5 Å². The van der Waals surface area contributed by atoms with Gasteiger partial charge in [0.1, 0.15) is 11.5 Å². The summed E-state index contributed by atoms with van der Waals surface area (Å²) in [7, 11) is 0. The van der Waals surface area contributed by atoms with Gasteiger partial charge in [-0.1, -0.05) is 35.5 Å². The molecule has 1 aliphatic heterocycles. The van der Waals surface area contributed by atoms with Crippen molar-refractivity contribution in [1.29, 1.82) is 0 Å². The second-order valence-electron chi connectivity index (χ2n) is 7.89. The molecule has 1 saturated heterocycles. The number of aryl methyl sites for hydroxylation is 1. The lowest BCUT2D eigenvalue weighted by atomic mass is 9.84. The van der Waals surface area contributed by atoms with Gasteiger partial charge in [0.15, 0.2) is 6.10 Å². The molecular formula is C22H27N3O5. The number of carbonyl (C=O) groups excluding carboxylic acids is 3.